The van der Waals surface area contributed by atoms with E-state index in [2.05, 4.69) is 0 Å². The van der Waals surface area contributed by atoms with Gasteiger partial charge in [0.1, 0.15) is 0 Å². The standard InChI is InChI=1S/C16H21NO3/c1-2-6-14(18)17-11-9-16(10-12-17,15(19)20)13-7-4-3-5-8-13/h3-5,7-8H,2,6,9-12H2,1H3,(H,19,20). The van der Waals surface area contributed by atoms with Crippen molar-refractivity contribution in [2.75, 3.05) is 13.1 Å². The van der Waals surface area contributed by atoms with Crippen molar-refractivity contribution in [3.05, 3.63) is 35.9 Å². The Bertz CT molecular complexity index is 476. The molecular weight excluding hydrogens is 254 g/mol. The van der Waals surface area contributed by atoms with Crippen molar-refractivity contribution < 1.29 is 14.7 Å². The maximum absolute atomic E-state index is 11.9. The fourth-order valence-corrected chi connectivity index (χ4v) is 2.89. The summed E-state index contributed by atoms with van der Waals surface area (Å²) in [6.07, 6.45) is 2.35. The van der Waals surface area contributed by atoms with Gasteiger partial charge >= 0.3 is 5.97 Å². The van der Waals surface area contributed by atoms with E-state index in [4.69, 9.17) is 0 Å². The van der Waals surface area contributed by atoms with Crippen molar-refractivity contribution in [3.63, 3.8) is 0 Å². The van der Waals surface area contributed by atoms with Gasteiger partial charge < -0.3 is 10.0 Å². The number of carboxylic acids is 1. The third-order valence-corrected chi connectivity index (χ3v) is 4.17. The first-order valence-electron chi connectivity index (χ1n) is 7.17. The lowest BCUT2D eigenvalue weighted by atomic mass is 9.73. The minimum atomic E-state index is -0.843. The third kappa shape index (κ3) is 2.69. The molecule has 1 heterocycles. The third-order valence-electron chi connectivity index (χ3n) is 4.17. The Hall–Kier alpha value is -1.84. The molecule has 1 fully saturated rings. The summed E-state index contributed by atoms with van der Waals surface area (Å²) in [6, 6.07) is 9.37. The van der Waals surface area contributed by atoms with Crippen LogP contribution in [0.25, 0.3) is 0 Å². The summed E-state index contributed by atoms with van der Waals surface area (Å²) in [6.45, 7) is 3.04. The molecule has 1 aromatic carbocycles. The molecule has 1 saturated heterocycles. The second-order valence-electron chi connectivity index (χ2n) is 5.38. The summed E-state index contributed by atoms with van der Waals surface area (Å²) < 4.78 is 0. The SMILES string of the molecule is CCCC(=O)N1CCC(C(=O)O)(c2ccccc2)CC1. The summed E-state index contributed by atoms with van der Waals surface area (Å²) in [4.78, 5) is 25.5. The molecule has 2 rings (SSSR count). The second kappa shape index (κ2) is 6.07. The van der Waals surface area contributed by atoms with E-state index in [-0.39, 0.29) is 5.91 Å². The molecule has 4 heteroatoms. The highest BCUT2D eigenvalue weighted by Crippen LogP contribution is 2.36. The number of likely N-dealkylation sites (tertiary alicyclic amines) is 1. The van der Waals surface area contributed by atoms with Gasteiger partial charge in [-0.05, 0) is 24.8 Å². The predicted molar refractivity (Wildman–Crippen MR) is 76.5 cm³/mol. The molecule has 108 valence electrons. The second-order valence-corrected chi connectivity index (χ2v) is 5.38. The summed E-state index contributed by atoms with van der Waals surface area (Å²) in [5, 5.41) is 9.67. The van der Waals surface area contributed by atoms with Gasteiger partial charge in [0.05, 0.1) is 5.41 Å². The van der Waals surface area contributed by atoms with E-state index < -0.39 is 11.4 Å². The quantitative estimate of drug-likeness (QED) is 0.918. The van der Waals surface area contributed by atoms with Gasteiger partial charge in [0.2, 0.25) is 5.91 Å². The summed E-state index contributed by atoms with van der Waals surface area (Å²) in [7, 11) is 0. The molecule has 0 spiro atoms. The topological polar surface area (TPSA) is 57.6 Å². The van der Waals surface area contributed by atoms with Crippen LogP contribution in [0.5, 0.6) is 0 Å². The van der Waals surface area contributed by atoms with Crippen molar-refractivity contribution in [1.29, 1.82) is 0 Å². The lowest BCUT2D eigenvalue weighted by molar-refractivity contribution is -0.148. The van der Waals surface area contributed by atoms with Crippen LogP contribution >= 0.6 is 0 Å². The lowest BCUT2D eigenvalue weighted by Crippen LogP contribution is -2.49. The van der Waals surface area contributed by atoms with E-state index in [1.54, 1.807) is 4.90 Å². The van der Waals surface area contributed by atoms with E-state index >= 15 is 0 Å². The van der Waals surface area contributed by atoms with E-state index in [0.717, 1.165) is 12.0 Å². The average Bonchev–Trinajstić information content (AvgIpc) is 2.48. The minimum absolute atomic E-state index is 0.138. The van der Waals surface area contributed by atoms with Crippen LogP contribution in [0.15, 0.2) is 30.3 Å². The zero-order valence-electron chi connectivity index (χ0n) is 11.8. The van der Waals surface area contributed by atoms with E-state index in [9.17, 15) is 14.7 Å². The zero-order valence-corrected chi connectivity index (χ0v) is 11.8. The van der Waals surface area contributed by atoms with Crippen LogP contribution in [0.4, 0.5) is 0 Å². The van der Waals surface area contributed by atoms with Crippen molar-refractivity contribution in [2.45, 2.75) is 38.0 Å². The average molecular weight is 275 g/mol. The molecular formula is C16H21NO3. The van der Waals surface area contributed by atoms with Crippen molar-refractivity contribution >= 4 is 11.9 Å². The van der Waals surface area contributed by atoms with Crippen molar-refractivity contribution in [3.8, 4) is 0 Å². The van der Waals surface area contributed by atoms with Gasteiger partial charge in [-0.2, -0.15) is 0 Å². The molecule has 0 aromatic heterocycles. The Kier molecular flexibility index (Phi) is 4.42. The van der Waals surface area contributed by atoms with E-state index in [1.165, 1.54) is 0 Å². The summed E-state index contributed by atoms with van der Waals surface area (Å²) >= 11 is 0. The van der Waals surface area contributed by atoms with Crippen LogP contribution in [-0.2, 0) is 15.0 Å². The van der Waals surface area contributed by atoms with E-state index in [0.29, 0.717) is 32.4 Å². The first-order valence-corrected chi connectivity index (χ1v) is 7.17. The predicted octanol–water partition coefficient (Wildman–Crippen LogP) is 2.43. The normalized spacial score (nSPS) is 17.8. The molecule has 0 bridgehead atoms. The fraction of sp³-hybridized carbons (Fsp3) is 0.500. The van der Waals surface area contributed by atoms with Gasteiger partial charge in [-0.1, -0.05) is 37.3 Å². The molecule has 4 nitrogen and oxygen atoms in total. The van der Waals surface area contributed by atoms with Gasteiger partial charge in [0.25, 0.3) is 0 Å². The first kappa shape index (κ1) is 14.6. The Morgan fingerprint density at radius 2 is 1.80 bits per heavy atom. The highest BCUT2D eigenvalue weighted by atomic mass is 16.4. The smallest absolute Gasteiger partial charge is 0.314 e. The number of aliphatic carboxylic acids is 1. The highest BCUT2D eigenvalue weighted by molar-refractivity contribution is 5.82. The Morgan fingerprint density at radius 1 is 1.20 bits per heavy atom. The maximum Gasteiger partial charge on any atom is 0.314 e. The van der Waals surface area contributed by atoms with Crippen LogP contribution in [0.3, 0.4) is 0 Å². The Morgan fingerprint density at radius 3 is 2.30 bits per heavy atom. The number of rotatable bonds is 4. The largest absolute Gasteiger partial charge is 0.481 e. The number of nitrogens with zero attached hydrogens (tertiary/aromatic N) is 1. The number of piperidine rings is 1. The lowest BCUT2D eigenvalue weighted by Gasteiger charge is -2.39. The maximum atomic E-state index is 11.9. The number of carbonyl (C=O) groups is 2. The van der Waals surface area contributed by atoms with Gasteiger partial charge in [0, 0.05) is 19.5 Å². The number of hydrogen-bond acceptors (Lipinski definition) is 2. The summed E-state index contributed by atoms with van der Waals surface area (Å²) in [5.41, 5.74) is -0.000325. The van der Waals surface area contributed by atoms with Crippen LogP contribution < -0.4 is 0 Å². The highest BCUT2D eigenvalue weighted by Gasteiger charge is 2.43. The number of carboxylic acid groups (broad SMARTS) is 1. The van der Waals surface area contributed by atoms with Gasteiger partial charge in [0.15, 0.2) is 0 Å². The number of benzene rings is 1. The first-order chi connectivity index (χ1) is 9.60. The molecule has 0 saturated carbocycles. The van der Waals surface area contributed by atoms with Gasteiger partial charge in [-0.15, -0.1) is 0 Å². The number of hydrogen-bond donors (Lipinski definition) is 1. The van der Waals surface area contributed by atoms with Crippen molar-refractivity contribution in [2.24, 2.45) is 0 Å². The van der Waals surface area contributed by atoms with Crippen LogP contribution in [0.2, 0.25) is 0 Å². The monoisotopic (exact) mass is 275 g/mol. The Labute approximate surface area is 119 Å². The molecule has 1 aliphatic rings. The molecule has 1 N–H and O–H groups in total. The molecule has 1 aliphatic heterocycles. The van der Waals surface area contributed by atoms with E-state index in [1.807, 2.05) is 37.3 Å². The molecule has 0 aliphatic carbocycles. The van der Waals surface area contributed by atoms with Gasteiger partial charge in [-0.3, -0.25) is 9.59 Å². The van der Waals surface area contributed by atoms with Crippen LogP contribution in [0.1, 0.15) is 38.2 Å². The molecule has 0 radical (unpaired) electrons. The fourth-order valence-electron chi connectivity index (χ4n) is 2.89. The Balaban J connectivity index is 2.15. The van der Waals surface area contributed by atoms with Crippen LogP contribution in [-0.4, -0.2) is 35.0 Å². The number of carbonyl (C=O) groups excluding carboxylic acids is 1. The molecule has 20 heavy (non-hydrogen) atoms. The zero-order chi connectivity index (χ0) is 14.6. The molecule has 1 amide bonds. The van der Waals surface area contributed by atoms with Crippen LogP contribution in [0, 0.1) is 0 Å². The molecule has 0 atom stereocenters. The number of amides is 1. The van der Waals surface area contributed by atoms with Crippen molar-refractivity contribution in [1.82, 2.24) is 4.90 Å². The minimum Gasteiger partial charge on any atom is -0.481 e. The molecule has 1 aromatic rings. The van der Waals surface area contributed by atoms with Gasteiger partial charge in [-0.25, -0.2) is 0 Å². The summed E-state index contributed by atoms with van der Waals surface area (Å²) in [5.74, 6) is -0.647. The molecule has 0 unspecified atom stereocenters.